The molecule has 1 aliphatic heterocycles. The molecular weight excluding hydrogens is 290 g/mol. The highest BCUT2D eigenvalue weighted by atomic mass is 16.5. The van der Waals surface area contributed by atoms with Crippen LogP contribution in [-0.4, -0.2) is 51.7 Å². The van der Waals surface area contributed by atoms with Gasteiger partial charge in [0, 0.05) is 37.4 Å². The van der Waals surface area contributed by atoms with Gasteiger partial charge in [0.1, 0.15) is 0 Å². The van der Waals surface area contributed by atoms with Crippen LogP contribution < -0.4 is 0 Å². The number of methoxy groups -OCH3 is 1. The quantitative estimate of drug-likeness (QED) is 0.874. The van der Waals surface area contributed by atoms with Gasteiger partial charge in [-0.05, 0) is 39.2 Å². The van der Waals surface area contributed by atoms with Gasteiger partial charge in [-0.15, -0.1) is 0 Å². The van der Waals surface area contributed by atoms with Gasteiger partial charge in [-0.2, -0.15) is 5.10 Å². The van der Waals surface area contributed by atoms with Crippen LogP contribution in [0, 0.1) is 5.92 Å². The molecule has 5 nitrogen and oxygen atoms in total. The average molecular weight is 321 g/mol. The summed E-state index contributed by atoms with van der Waals surface area (Å²) in [4.78, 5) is 2.57. The first-order valence-electron chi connectivity index (χ1n) is 9.07. The molecule has 0 spiro atoms. The number of aromatic nitrogens is 2. The van der Waals surface area contributed by atoms with E-state index in [0.29, 0.717) is 18.6 Å². The minimum atomic E-state index is -0.492. The Morgan fingerprint density at radius 3 is 3.00 bits per heavy atom. The molecule has 0 aromatic carbocycles. The monoisotopic (exact) mass is 321 g/mol. The lowest BCUT2D eigenvalue weighted by Crippen LogP contribution is -2.48. The first-order valence-corrected chi connectivity index (χ1v) is 9.07. The standard InChI is InChI=1S/C18H31N3O2/c1-18(22)8-4-3-6-16(18)17-7-5-9-20(17)13-15-12-19-21(14-15)10-11-23-2/h12,14,16-17,22H,3-11,13H2,1-2H3. The minimum Gasteiger partial charge on any atom is -0.390 e. The number of rotatable bonds is 6. The van der Waals surface area contributed by atoms with Crippen LogP contribution in [0.3, 0.4) is 0 Å². The molecule has 1 aromatic rings. The highest BCUT2D eigenvalue weighted by molar-refractivity contribution is 5.06. The van der Waals surface area contributed by atoms with Crippen molar-refractivity contribution in [1.82, 2.24) is 14.7 Å². The molecule has 5 heteroatoms. The summed E-state index contributed by atoms with van der Waals surface area (Å²) in [6.07, 6.45) is 11.1. The number of hydrogen-bond acceptors (Lipinski definition) is 4. The van der Waals surface area contributed by atoms with Crippen LogP contribution in [0.1, 0.15) is 51.0 Å². The number of aliphatic hydroxyl groups is 1. The maximum absolute atomic E-state index is 10.8. The maximum Gasteiger partial charge on any atom is 0.0662 e. The molecule has 130 valence electrons. The normalized spacial score (nSPS) is 32.5. The van der Waals surface area contributed by atoms with Crippen molar-refractivity contribution in [2.75, 3.05) is 20.3 Å². The van der Waals surface area contributed by atoms with E-state index in [2.05, 4.69) is 23.1 Å². The summed E-state index contributed by atoms with van der Waals surface area (Å²) in [5.74, 6) is 0.419. The van der Waals surface area contributed by atoms with E-state index in [1.807, 2.05) is 10.9 Å². The second-order valence-electron chi connectivity index (χ2n) is 7.49. The molecule has 2 fully saturated rings. The molecule has 0 radical (unpaired) electrons. The number of likely N-dealkylation sites (tertiary alicyclic amines) is 1. The van der Waals surface area contributed by atoms with Crippen molar-refractivity contribution in [3.05, 3.63) is 18.0 Å². The Morgan fingerprint density at radius 2 is 2.22 bits per heavy atom. The Morgan fingerprint density at radius 1 is 1.35 bits per heavy atom. The summed E-state index contributed by atoms with van der Waals surface area (Å²) in [7, 11) is 1.72. The molecule has 1 aliphatic carbocycles. The predicted octanol–water partition coefficient (Wildman–Crippen LogP) is 2.44. The van der Waals surface area contributed by atoms with Crippen molar-refractivity contribution in [3.63, 3.8) is 0 Å². The molecule has 0 bridgehead atoms. The number of hydrogen-bond donors (Lipinski definition) is 1. The van der Waals surface area contributed by atoms with Gasteiger partial charge < -0.3 is 9.84 Å². The third-order valence-electron chi connectivity index (χ3n) is 5.72. The zero-order valence-electron chi connectivity index (χ0n) is 14.6. The SMILES string of the molecule is COCCn1cc(CN2CCCC2C2CCCCC2(C)O)cn1. The average Bonchev–Trinajstić information content (AvgIpc) is 3.15. The molecule has 3 unspecified atom stereocenters. The Kier molecular flexibility index (Phi) is 5.39. The Bertz CT molecular complexity index is 500. The summed E-state index contributed by atoms with van der Waals surface area (Å²) in [6.45, 7) is 5.64. The lowest BCUT2D eigenvalue weighted by molar-refractivity contribution is -0.0628. The van der Waals surface area contributed by atoms with E-state index in [4.69, 9.17) is 4.74 Å². The van der Waals surface area contributed by atoms with E-state index in [0.717, 1.165) is 26.1 Å². The fourth-order valence-electron chi connectivity index (χ4n) is 4.48. The smallest absolute Gasteiger partial charge is 0.0662 e. The molecule has 2 heterocycles. The predicted molar refractivity (Wildman–Crippen MR) is 90.1 cm³/mol. The van der Waals surface area contributed by atoms with Gasteiger partial charge in [-0.1, -0.05) is 12.8 Å². The van der Waals surface area contributed by atoms with Gasteiger partial charge in [0.15, 0.2) is 0 Å². The molecular formula is C18H31N3O2. The van der Waals surface area contributed by atoms with Gasteiger partial charge >= 0.3 is 0 Å². The van der Waals surface area contributed by atoms with E-state index in [1.165, 1.54) is 37.7 Å². The van der Waals surface area contributed by atoms with E-state index in [-0.39, 0.29) is 0 Å². The highest BCUT2D eigenvalue weighted by Gasteiger charge is 2.43. The van der Waals surface area contributed by atoms with Crippen LogP contribution in [0.5, 0.6) is 0 Å². The molecule has 1 saturated heterocycles. The summed E-state index contributed by atoms with van der Waals surface area (Å²) in [6, 6.07) is 0.521. The molecule has 3 rings (SSSR count). The number of ether oxygens (including phenoxy) is 1. The molecule has 3 atom stereocenters. The van der Waals surface area contributed by atoms with Crippen molar-refractivity contribution >= 4 is 0 Å². The van der Waals surface area contributed by atoms with Crippen molar-refractivity contribution in [3.8, 4) is 0 Å². The second-order valence-corrected chi connectivity index (χ2v) is 7.49. The summed E-state index contributed by atoms with van der Waals surface area (Å²) in [5, 5.41) is 15.2. The molecule has 0 amide bonds. The third kappa shape index (κ3) is 3.95. The van der Waals surface area contributed by atoms with E-state index < -0.39 is 5.60 Å². The van der Waals surface area contributed by atoms with Crippen molar-refractivity contribution < 1.29 is 9.84 Å². The van der Waals surface area contributed by atoms with Crippen molar-refractivity contribution in [2.45, 2.75) is 70.2 Å². The van der Waals surface area contributed by atoms with Gasteiger partial charge in [-0.3, -0.25) is 9.58 Å². The maximum atomic E-state index is 10.8. The lowest BCUT2D eigenvalue weighted by Gasteiger charge is -2.43. The third-order valence-corrected chi connectivity index (χ3v) is 5.72. The zero-order valence-corrected chi connectivity index (χ0v) is 14.6. The first kappa shape index (κ1) is 16.9. The second kappa shape index (κ2) is 7.32. The topological polar surface area (TPSA) is 50.5 Å². The van der Waals surface area contributed by atoms with Gasteiger partial charge in [0.2, 0.25) is 0 Å². The number of nitrogens with zero attached hydrogens (tertiary/aromatic N) is 3. The van der Waals surface area contributed by atoms with Crippen LogP contribution in [0.4, 0.5) is 0 Å². The van der Waals surface area contributed by atoms with Crippen molar-refractivity contribution in [1.29, 1.82) is 0 Å². The van der Waals surface area contributed by atoms with Crippen LogP contribution in [0.2, 0.25) is 0 Å². The zero-order chi connectivity index (χ0) is 16.3. The van der Waals surface area contributed by atoms with Gasteiger partial charge in [0.05, 0.1) is 24.9 Å². The van der Waals surface area contributed by atoms with Crippen molar-refractivity contribution in [2.24, 2.45) is 5.92 Å². The van der Waals surface area contributed by atoms with E-state index in [9.17, 15) is 5.11 Å². The summed E-state index contributed by atoms with van der Waals surface area (Å²) >= 11 is 0. The highest BCUT2D eigenvalue weighted by Crippen LogP contribution is 2.41. The Hall–Kier alpha value is -0.910. The molecule has 2 aliphatic rings. The lowest BCUT2D eigenvalue weighted by atomic mass is 9.72. The largest absolute Gasteiger partial charge is 0.390 e. The van der Waals surface area contributed by atoms with Crippen LogP contribution in [-0.2, 0) is 17.8 Å². The van der Waals surface area contributed by atoms with Gasteiger partial charge in [0.25, 0.3) is 0 Å². The fraction of sp³-hybridized carbons (Fsp3) is 0.833. The first-order chi connectivity index (χ1) is 11.1. The molecule has 1 N–H and O–H groups in total. The fourth-order valence-corrected chi connectivity index (χ4v) is 4.48. The summed E-state index contributed by atoms with van der Waals surface area (Å²) in [5.41, 5.74) is 0.775. The molecule has 1 saturated carbocycles. The summed E-state index contributed by atoms with van der Waals surface area (Å²) < 4.78 is 7.07. The molecule has 1 aromatic heterocycles. The Labute approximate surface area is 139 Å². The van der Waals surface area contributed by atoms with E-state index in [1.54, 1.807) is 7.11 Å². The molecule has 23 heavy (non-hydrogen) atoms. The minimum absolute atomic E-state index is 0.419. The van der Waals surface area contributed by atoms with Crippen LogP contribution in [0.25, 0.3) is 0 Å². The van der Waals surface area contributed by atoms with Gasteiger partial charge in [-0.25, -0.2) is 0 Å². The van der Waals surface area contributed by atoms with Crippen LogP contribution >= 0.6 is 0 Å². The van der Waals surface area contributed by atoms with E-state index >= 15 is 0 Å². The van der Waals surface area contributed by atoms with Crippen LogP contribution in [0.15, 0.2) is 12.4 Å². The Balaban J connectivity index is 1.63.